The molecular formula is C15H12BrIO3. The van der Waals surface area contributed by atoms with Crippen molar-refractivity contribution in [2.24, 2.45) is 0 Å². The van der Waals surface area contributed by atoms with Crippen LogP contribution in [0.5, 0.6) is 11.5 Å². The van der Waals surface area contributed by atoms with Crippen LogP contribution in [-0.4, -0.2) is 20.0 Å². The molecular weight excluding hydrogens is 435 g/mol. The first kappa shape index (κ1) is 15.3. The average molecular weight is 447 g/mol. The maximum Gasteiger partial charge on any atom is 0.198 e. The van der Waals surface area contributed by atoms with E-state index in [4.69, 9.17) is 9.47 Å². The van der Waals surface area contributed by atoms with Gasteiger partial charge in [-0.15, -0.1) is 0 Å². The van der Waals surface area contributed by atoms with E-state index in [2.05, 4.69) is 38.5 Å². The standard InChI is InChI=1S/C15H12BrIO3/c1-19-10-4-6-14(20-2)12(8-10)15(18)11-7-9(17)3-5-13(11)16/h3-8H,1-2H3. The number of methoxy groups -OCH3 is 2. The molecule has 2 aromatic carbocycles. The van der Waals surface area contributed by atoms with E-state index in [-0.39, 0.29) is 5.78 Å². The third kappa shape index (κ3) is 3.15. The highest BCUT2D eigenvalue weighted by molar-refractivity contribution is 14.1. The summed E-state index contributed by atoms with van der Waals surface area (Å²) in [5.74, 6) is 1.05. The van der Waals surface area contributed by atoms with Crippen LogP contribution >= 0.6 is 38.5 Å². The van der Waals surface area contributed by atoms with Crippen molar-refractivity contribution in [3.05, 3.63) is 55.6 Å². The zero-order chi connectivity index (χ0) is 14.7. The van der Waals surface area contributed by atoms with E-state index in [1.54, 1.807) is 32.4 Å². The van der Waals surface area contributed by atoms with Crippen LogP contribution in [0.15, 0.2) is 40.9 Å². The molecule has 5 heteroatoms. The lowest BCUT2D eigenvalue weighted by molar-refractivity contribution is 0.103. The molecule has 0 radical (unpaired) electrons. The maximum atomic E-state index is 12.7. The second-order valence-corrected chi connectivity index (χ2v) is 6.12. The highest BCUT2D eigenvalue weighted by Crippen LogP contribution is 2.29. The molecule has 0 bridgehead atoms. The largest absolute Gasteiger partial charge is 0.497 e. The van der Waals surface area contributed by atoms with Gasteiger partial charge < -0.3 is 9.47 Å². The van der Waals surface area contributed by atoms with Gasteiger partial charge >= 0.3 is 0 Å². The Morgan fingerprint density at radius 3 is 2.45 bits per heavy atom. The van der Waals surface area contributed by atoms with Crippen molar-refractivity contribution in [2.75, 3.05) is 14.2 Å². The number of carbonyl (C=O) groups excluding carboxylic acids is 1. The van der Waals surface area contributed by atoms with Crippen LogP contribution in [0.25, 0.3) is 0 Å². The molecule has 0 N–H and O–H groups in total. The van der Waals surface area contributed by atoms with Gasteiger partial charge in [-0.25, -0.2) is 0 Å². The van der Waals surface area contributed by atoms with Crippen molar-refractivity contribution >= 4 is 44.3 Å². The van der Waals surface area contributed by atoms with E-state index in [1.165, 1.54) is 0 Å². The van der Waals surface area contributed by atoms with Crippen molar-refractivity contribution in [1.29, 1.82) is 0 Å². The number of carbonyl (C=O) groups is 1. The Hall–Kier alpha value is -1.08. The fraction of sp³-hybridized carbons (Fsp3) is 0.133. The Morgan fingerprint density at radius 1 is 1.05 bits per heavy atom. The lowest BCUT2D eigenvalue weighted by Crippen LogP contribution is -2.05. The predicted octanol–water partition coefficient (Wildman–Crippen LogP) is 4.30. The lowest BCUT2D eigenvalue weighted by atomic mass is 10.0. The van der Waals surface area contributed by atoms with E-state index in [1.807, 2.05) is 18.2 Å². The molecule has 3 nitrogen and oxygen atoms in total. The summed E-state index contributed by atoms with van der Waals surface area (Å²) < 4.78 is 12.2. The molecule has 104 valence electrons. The molecule has 2 aromatic rings. The third-order valence-electron chi connectivity index (χ3n) is 2.82. The van der Waals surface area contributed by atoms with Crippen LogP contribution in [-0.2, 0) is 0 Å². The van der Waals surface area contributed by atoms with E-state index in [0.29, 0.717) is 22.6 Å². The summed E-state index contributed by atoms with van der Waals surface area (Å²) in [5, 5.41) is 0. The van der Waals surface area contributed by atoms with Gasteiger partial charge in [0.25, 0.3) is 0 Å². The predicted molar refractivity (Wildman–Crippen MR) is 89.8 cm³/mol. The zero-order valence-corrected chi connectivity index (χ0v) is 14.7. The summed E-state index contributed by atoms with van der Waals surface area (Å²) in [5.41, 5.74) is 1.08. The summed E-state index contributed by atoms with van der Waals surface area (Å²) in [6.45, 7) is 0. The third-order valence-corrected chi connectivity index (χ3v) is 4.19. The molecule has 0 unspecified atom stereocenters. The van der Waals surface area contributed by atoms with Crippen LogP contribution < -0.4 is 9.47 Å². The number of rotatable bonds is 4. The number of hydrogen-bond donors (Lipinski definition) is 0. The zero-order valence-electron chi connectivity index (χ0n) is 10.9. The molecule has 0 amide bonds. The number of halogens is 2. The van der Waals surface area contributed by atoms with Crippen molar-refractivity contribution in [1.82, 2.24) is 0 Å². The Bertz CT molecular complexity index is 656. The van der Waals surface area contributed by atoms with E-state index >= 15 is 0 Å². The molecule has 20 heavy (non-hydrogen) atoms. The highest BCUT2D eigenvalue weighted by Gasteiger charge is 2.18. The average Bonchev–Trinajstić information content (AvgIpc) is 2.48. The molecule has 0 atom stereocenters. The molecule has 0 saturated heterocycles. The number of hydrogen-bond acceptors (Lipinski definition) is 3. The molecule has 0 aliphatic carbocycles. The van der Waals surface area contributed by atoms with Crippen LogP contribution in [0, 0.1) is 3.57 Å². The minimum absolute atomic E-state index is 0.105. The van der Waals surface area contributed by atoms with Gasteiger partial charge in [0.1, 0.15) is 11.5 Å². The smallest absolute Gasteiger partial charge is 0.198 e. The summed E-state index contributed by atoms with van der Waals surface area (Å²) in [6, 6.07) is 10.8. The fourth-order valence-electron chi connectivity index (χ4n) is 1.81. The van der Waals surface area contributed by atoms with Crippen LogP contribution in [0.4, 0.5) is 0 Å². The van der Waals surface area contributed by atoms with Gasteiger partial charge in [0.15, 0.2) is 5.78 Å². The van der Waals surface area contributed by atoms with Crippen LogP contribution in [0.1, 0.15) is 15.9 Å². The first-order valence-electron chi connectivity index (χ1n) is 5.78. The first-order chi connectivity index (χ1) is 9.56. The molecule has 0 spiro atoms. The maximum absolute atomic E-state index is 12.7. The quantitative estimate of drug-likeness (QED) is 0.518. The van der Waals surface area contributed by atoms with Gasteiger partial charge in [0.2, 0.25) is 0 Å². The molecule has 0 aromatic heterocycles. The number of ether oxygens (including phenoxy) is 2. The van der Waals surface area contributed by atoms with Gasteiger partial charge in [0, 0.05) is 13.6 Å². The minimum atomic E-state index is -0.105. The highest BCUT2D eigenvalue weighted by atomic mass is 127. The second kappa shape index (κ2) is 6.58. The summed E-state index contributed by atoms with van der Waals surface area (Å²) in [6.07, 6.45) is 0. The monoisotopic (exact) mass is 446 g/mol. The van der Waals surface area contributed by atoms with E-state index in [0.717, 1.165) is 8.04 Å². The fourth-order valence-corrected chi connectivity index (χ4v) is 2.73. The van der Waals surface area contributed by atoms with Crippen molar-refractivity contribution in [2.45, 2.75) is 0 Å². The van der Waals surface area contributed by atoms with Gasteiger partial charge in [-0.2, -0.15) is 0 Å². The van der Waals surface area contributed by atoms with E-state index < -0.39 is 0 Å². The molecule has 0 fully saturated rings. The summed E-state index contributed by atoms with van der Waals surface area (Å²) >= 11 is 5.59. The summed E-state index contributed by atoms with van der Waals surface area (Å²) in [4.78, 5) is 12.7. The number of benzene rings is 2. The SMILES string of the molecule is COc1ccc(OC)c(C(=O)c2cc(I)ccc2Br)c1. The van der Waals surface area contributed by atoms with E-state index in [9.17, 15) is 4.79 Å². The Morgan fingerprint density at radius 2 is 1.80 bits per heavy atom. The first-order valence-corrected chi connectivity index (χ1v) is 7.65. The molecule has 0 saturated carbocycles. The van der Waals surface area contributed by atoms with Gasteiger partial charge in [0.05, 0.1) is 19.8 Å². The van der Waals surface area contributed by atoms with Gasteiger partial charge in [-0.05, 0) is 59.0 Å². The Balaban J connectivity index is 2.54. The molecule has 0 aliphatic heterocycles. The summed E-state index contributed by atoms with van der Waals surface area (Å²) in [7, 11) is 3.11. The number of ketones is 1. The molecule has 0 aliphatic rings. The van der Waals surface area contributed by atoms with Gasteiger partial charge in [-0.1, -0.05) is 15.9 Å². The Labute approximate surface area is 139 Å². The Kier molecular flexibility index (Phi) is 5.04. The van der Waals surface area contributed by atoms with Crippen molar-refractivity contribution in [3.63, 3.8) is 0 Å². The second-order valence-electron chi connectivity index (χ2n) is 4.02. The van der Waals surface area contributed by atoms with Crippen molar-refractivity contribution < 1.29 is 14.3 Å². The normalized spacial score (nSPS) is 10.2. The molecule has 0 heterocycles. The lowest BCUT2D eigenvalue weighted by Gasteiger charge is -2.11. The van der Waals surface area contributed by atoms with Crippen LogP contribution in [0.3, 0.4) is 0 Å². The minimum Gasteiger partial charge on any atom is -0.497 e. The topological polar surface area (TPSA) is 35.5 Å². The van der Waals surface area contributed by atoms with Crippen LogP contribution in [0.2, 0.25) is 0 Å². The molecule has 2 rings (SSSR count). The van der Waals surface area contributed by atoms with Crippen molar-refractivity contribution in [3.8, 4) is 11.5 Å². The van der Waals surface area contributed by atoms with Gasteiger partial charge in [-0.3, -0.25) is 4.79 Å².